The molecule has 8 heteroatoms. The van der Waals surface area contributed by atoms with Crippen LogP contribution in [-0.2, 0) is 6.42 Å². The Balaban J connectivity index is 1.59. The van der Waals surface area contributed by atoms with Crippen molar-refractivity contribution in [1.29, 1.82) is 0 Å². The average molecular weight is 396 g/mol. The number of carbonyl (C=O) groups excluding carboxylic acids is 1. The summed E-state index contributed by atoms with van der Waals surface area (Å²) in [5, 5.41) is 18.1. The van der Waals surface area contributed by atoms with Gasteiger partial charge in [0.1, 0.15) is 5.58 Å². The zero-order chi connectivity index (χ0) is 19.7. The quantitative estimate of drug-likeness (QED) is 0.506. The molecule has 4 aromatic rings. The summed E-state index contributed by atoms with van der Waals surface area (Å²) in [6, 6.07) is 10.8. The normalized spacial score (nSPS) is 11.1. The van der Waals surface area contributed by atoms with Gasteiger partial charge in [0.25, 0.3) is 5.91 Å². The number of rotatable bonds is 5. The summed E-state index contributed by atoms with van der Waals surface area (Å²) in [4.78, 5) is 12.7. The van der Waals surface area contributed by atoms with E-state index in [1.54, 1.807) is 24.3 Å². The maximum atomic E-state index is 12.7. The first-order valence-corrected chi connectivity index (χ1v) is 9.30. The van der Waals surface area contributed by atoms with Gasteiger partial charge in [0.2, 0.25) is 5.82 Å². The number of nitrogens with zero attached hydrogens (tertiary/aromatic N) is 3. The van der Waals surface area contributed by atoms with Crippen LogP contribution < -0.4 is 5.32 Å². The van der Waals surface area contributed by atoms with Crippen LogP contribution in [0.15, 0.2) is 40.8 Å². The number of H-pyrrole nitrogens is 1. The molecule has 1 amide bonds. The zero-order valence-corrected chi connectivity index (χ0v) is 16.2. The number of aromatic amines is 1. The predicted molar refractivity (Wildman–Crippen MR) is 108 cm³/mol. The molecule has 0 saturated heterocycles. The maximum absolute atomic E-state index is 12.7. The van der Waals surface area contributed by atoms with Crippen LogP contribution >= 0.6 is 11.6 Å². The predicted octanol–water partition coefficient (Wildman–Crippen LogP) is 4.78. The molecule has 28 heavy (non-hydrogen) atoms. The van der Waals surface area contributed by atoms with E-state index in [2.05, 4.69) is 32.9 Å². The van der Waals surface area contributed by atoms with Crippen molar-refractivity contribution in [3.63, 3.8) is 0 Å². The van der Waals surface area contributed by atoms with E-state index < -0.39 is 0 Å². The second kappa shape index (κ2) is 7.44. The van der Waals surface area contributed by atoms with Crippen LogP contribution in [-0.4, -0.2) is 26.5 Å². The van der Waals surface area contributed by atoms with Gasteiger partial charge in [-0.1, -0.05) is 31.0 Å². The highest BCUT2D eigenvalue weighted by Gasteiger charge is 2.14. The fourth-order valence-electron chi connectivity index (χ4n) is 3.16. The van der Waals surface area contributed by atoms with E-state index in [9.17, 15) is 4.79 Å². The lowest BCUT2D eigenvalue weighted by Gasteiger charge is -2.12. The van der Waals surface area contributed by atoms with Crippen LogP contribution in [0.4, 0.5) is 5.69 Å². The third-order valence-electron chi connectivity index (χ3n) is 4.52. The first-order valence-electron chi connectivity index (χ1n) is 8.93. The molecule has 0 aliphatic carbocycles. The number of nitrogens with one attached hydrogen (secondary N) is 2. The van der Waals surface area contributed by atoms with Gasteiger partial charge in [-0.3, -0.25) is 4.79 Å². The SMILES string of the molecule is CCCc1c(C)cc(NC(=O)c2ccc3cc(-c4nn[nH]n4)oc3c2)cc1Cl. The van der Waals surface area contributed by atoms with Gasteiger partial charge in [-0.05, 0) is 60.0 Å². The highest BCUT2D eigenvalue weighted by molar-refractivity contribution is 6.31. The second-order valence-corrected chi connectivity index (χ2v) is 6.96. The number of amides is 1. The molecule has 0 unspecified atom stereocenters. The third-order valence-corrected chi connectivity index (χ3v) is 4.86. The number of fused-ring (bicyclic) bond motifs is 1. The summed E-state index contributed by atoms with van der Waals surface area (Å²) < 4.78 is 5.75. The van der Waals surface area contributed by atoms with Gasteiger partial charge in [0.15, 0.2) is 5.76 Å². The van der Waals surface area contributed by atoms with Crippen molar-refractivity contribution < 1.29 is 9.21 Å². The van der Waals surface area contributed by atoms with E-state index in [1.165, 1.54) is 0 Å². The number of halogens is 1. The van der Waals surface area contributed by atoms with Crippen LogP contribution in [0.25, 0.3) is 22.6 Å². The number of hydrogen-bond acceptors (Lipinski definition) is 5. The van der Waals surface area contributed by atoms with Gasteiger partial charge in [0, 0.05) is 21.7 Å². The summed E-state index contributed by atoms with van der Waals surface area (Å²) in [5.74, 6) is 0.604. The molecule has 0 saturated carbocycles. The molecule has 0 aliphatic heterocycles. The van der Waals surface area contributed by atoms with Gasteiger partial charge in [-0.25, -0.2) is 0 Å². The van der Waals surface area contributed by atoms with Gasteiger partial charge in [-0.15, -0.1) is 10.2 Å². The van der Waals surface area contributed by atoms with Crippen molar-refractivity contribution in [1.82, 2.24) is 20.6 Å². The van der Waals surface area contributed by atoms with Crippen LogP contribution in [0.3, 0.4) is 0 Å². The summed E-state index contributed by atoms with van der Waals surface area (Å²) in [6.45, 7) is 4.11. The zero-order valence-electron chi connectivity index (χ0n) is 15.4. The molecule has 7 nitrogen and oxygen atoms in total. The van der Waals surface area contributed by atoms with Gasteiger partial charge < -0.3 is 9.73 Å². The summed E-state index contributed by atoms with van der Waals surface area (Å²) in [7, 11) is 0. The topological polar surface area (TPSA) is 96.7 Å². The molecule has 2 aromatic carbocycles. The summed E-state index contributed by atoms with van der Waals surface area (Å²) >= 11 is 6.39. The molecule has 0 atom stereocenters. The maximum Gasteiger partial charge on any atom is 0.255 e. The minimum Gasteiger partial charge on any atom is -0.453 e. The van der Waals surface area contributed by atoms with E-state index in [1.807, 2.05) is 19.1 Å². The van der Waals surface area contributed by atoms with Crippen molar-refractivity contribution in [3.05, 3.63) is 58.1 Å². The number of tetrazole rings is 1. The molecule has 0 bridgehead atoms. The van der Waals surface area contributed by atoms with Crippen molar-refractivity contribution in [2.45, 2.75) is 26.7 Å². The Morgan fingerprint density at radius 1 is 1.25 bits per heavy atom. The molecule has 2 heterocycles. The Morgan fingerprint density at radius 3 is 2.82 bits per heavy atom. The highest BCUT2D eigenvalue weighted by Crippen LogP contribution is 2.28. The molecule has 2 aromatic heterocycles. The fraction of sp³-hybridized carbons (Fsp3) is 0.200. The summed E-state index contributed by atoms with van der Waals surface area (Å²) in [6.07, 6.45) is 1.93. The third kappa shape index (κ3) is 3.48. The molecule has 0 fully saturated rings. The largest absolute Gasteiger partial charge is 0.453 e. The van der Waals surface area contributed by atoms with Crippen LogP contribution in [0, 0.1) is 6.92 Å². The van der Waals surface area contributed by atoms with Crippen molar-refractivity contribution in [3.8, 4) is 11.6 Å². The van der Waals surface area contributed by atoms with Crippen LogP contribution in [0.2, 0.25) is 5.02 Å². The average Bonchev–Trinajstić information content (AvgIpc) is 3.33. The number of furan rings is 1. The lowest BCUT2D eigenvalue weighted by Crippen LogP contribution is -2.12. The number of benzene rings is 2. The molecule has 4 rings (SSSR count). The molecule has 2 N–H and O–H groups in total. The Labute approximate surface area is 166 Å². The number of carbonyl (C=O) groups is 1. The number of aromatic nitrogens is 4. The van der Waals surface area contributed by atoms with Gasteiger partial charge >= 0.3 is 0 Å². The van der Waals surface area contributed by atoms with Crippen molar-refractivity contribution in [2.24, 2.45) is 0 Å². The monoisotopic (exact) mass is 395 g/mol. The number of anilines is 1. The first-order chi connectivity index (χ1) is 13.5. The van der Waals surface area contributed by atoms with E-state index >= 15 is 0 Å². The van der Waals surface area contributed by atoms with Gasteiger partial charge in [-0.2, -0.15) is 5.21 Å². The molecule has 0 spiro atoms. The molecule has 0 radical (unpaired) electrons. The van der Waals surface area contributed by atoms with Crippen molar-refractivity contribution >= 4 is 34.2 Å². The Kier molecular flexibility index (Phi) is 4.83. The Morgan fingerprint density at radius 2 is 2.11 bits per heavy atom. The van der Waals surface area contributed by atoms with Crippen molar-refractivity contribution in [2.75, 3.05) is 5.32 Å². The highest BCUT2D eigenvalue weighted by atomic mass is 35.5. The van der Waals surface area contributed by atoms with Crippen LogP contribution in [0.5, 0.6) is 0 Å². The minimum atomic E-state index is -0.238. The summed E-state index contributed by atoms with van der Waals surface area (Å²) in [5.41, 5.74) is 3.90. The number of hydrogen-bond donors (Lipinski definition) is 2. The molecule has 142 valence electrons. The molecular weight excluding hydrogens is 378 g/mol. The lowest BCUT2D eigenvalue weighted by molar-refractivity contribution is 0.102. The molecule has 0 aliphatic rings. The number of aryl methyl sites for hydroxylation is 1. The standard InChI is InChI=1S/C20H18ClN5O2/c1-3-4-15-11(2)7-14(10-16(15)21)22-20(27)13-6-5-12-8-18(28-17(12)9-13)19-23-25-26-24-19/h5-10H,3-4H2,1-2H3,(H,22,27)(H,23,24,25,26). The van der Waals surface area contributed by atoms with E-state index in [0.29, 0.717) is 33.4 Å². The van der Waals surface area contributed by atoms with Crippen LogP contribution in [0.1, 0.15) is 34.8 Å². The van der Waals surface area contributed by atoms with E-state index in [-0.39, 0.29) is 5.91 Å². The minimum absolute atomic E-state index is 0.238. The fourth-order valence-corrected chi connectivity index (χ4v) is 3.53. The first kappa shape index (κ1) is 18.2. The Bertz CT molecular complexity index is 1130. The second-order valence-electron chi connectivity index (χ2n) is 6.56. The lowest BCUT2D eigenvalue weighted by atomic mass is 10.0. The smallest absolute Gasteiger partial charge is 0.255 e. The van der Waals surface area contributed by atoms with E-state index in [0.717, 1.165) is 29.4 Å². The van der Waals surface area contributed by atoms with E-state index in [4.69, 9.17) is 16.0 Å². The van der Waals surface area contributed by atoms with Gasteiger partial charge in [0.05, 0.1) is 0 Å². The Hall–Kier alpha value is -3.19. The molecular formula is C20H18ClN5O2.